The number of aromatic carboxylic acids is 1. The topological polar surface area (TPSA) is 89.4 Å². The number of benzene rings is 2. The molecule has 0 unspecified atom stereocenters. The fourth-order valence-electron chi connectivity index (χ4n) is 2.69. The van der Waals surface area contributed by atoms with Crippen molar-refractivity contribution in [2.45, 2.75) is 0 Å². The van der Waals surface area contributed by atoms with E-state index in [4.69, 9.17) is 9.05 Å². The Morgan fingerprint density at radius 1 is 0.852 bits per heavy atom. The Kier molecular flexibility index (Phi) is 4.00. The van der Waals surface area contributed by atoms with Gasteiger partial charge in [0.05, 0.1) is 5.56 Å². The molecule has 4 rings (SSSR count). The largest absolute Gasteiger partial charge is 0.477 e. The van der Waals surface area contributed by atoms with Crippen LogP contribution in [-0.4, -0.2) is 21.4 Å². The average Bonchev–Trinajstić information content (AvgIpc) is 3.29. The molecule has 0 radical (unpaired) electrons. The third-order valence-electron chi connectivity index (χ3n) is 3.96. The number of carboxylic acids is 1. The lowest BCUT2D eigenvalue weighted by Gasteiger charge is -2.01. The lowest BCUT2D eigenvalue weighted by Crippen LogP contribution is -1.99. The van der Waals surface area contributed by atoms with Gasteiger partial charge in [-0.2, -0.15) is 0 Å². The van der Waals surface area contributed by atoms with Gasteiger partial charge in [-0.15, -0.1) is 0 Å². The van der Waals surface area contributed by atoms with Gasteiger partial charge in [0.2, 0.25) is 0 Å². The van der Waals surface area contributed by atoms with Gasteiger partial charge in [-0.3, -0.25) is 0 Å². The van der Waals surface area contributed by atoms with E-state index >= 15 is 0 Å². The van der Waals surface area contributed by atoms with Crippen molar-refractivity contribution in [1.29, 1.82) is 0 Å². The van der Waals surface area contributed by atoms with E-state index in [0.29, 0.717) is 11.1 Å². The summed E-state index contributed by atoms with van der Waals surface area (Å²) in [6.07, 6.45) is 1.22. The molecular formula is C19H10F2N2O4. The van der Waals surface area contributed by atoms with E-state index in [1.807, 2.05) is 0 Å². The van der Waals surface area contributed by atoms with Gasteiger partial charge in [-0.25, -0.2) is 13.6 Å². The molecule has 134 valence electrons. The minimum Gasteiger partial charge on any atom is -0.477 e. The van der Waals surface area contributed by atoms with E-state index in [2.05, 4.69) is 10.3 Å². The van der Waals surface area contributed by atoms with E-state index in [1.165, 1.54) is 54.8 Å². The van der Waals surface area contributed by atoms with Crippen LogP contribution in [-0.2, 0) is 0 Å². The summed E-state index contributed by atoms with van der Waals surface area (Å²) in [6, 6.07) is 10.6. The Morgan fingerprint density at radius 2 is 1.41 bits per heavy atom. The molecule has 0 fully saturated rings. The van der Waals surface area contributed by atoms with E-state index in [9.17, 15) is 18.7 Å². The van der Waals surface area contributed by atoms with Crippen LogP contribution in [0.15, 0.2) is 63.8 Å². The minimum atomic E-state index is -1.28. The Bertz CT molecular complexity index is 1120. The Balaban J connectivity index is 1.87. The first-order valence-corrected chi connectivity index (χ1v) is 7.74. The average molecular weight is 368 g/mol. The van der Waals surface area contributed by atoms with Crippen LogP contribution < -0.4 is 0 Å². The third kappa shape index (κ3) is 2.97. The number of carboxylic acid groups (broad SMARTS) is 1. The molecule has 0 atom stereocenters. The highest BCUT2D eigenvalue weighted by atomic mass is 19.1. The molecule has 0 aliphatic rings. The molecule has 0 saturated carbocycles. The van der Waals surface area contributed by atoms with Gasteiger partial charge >= 0.3 is 5.97 Å². The van der Waals surface area contributed by atoms with Crippen molar-refractivity contribution in [2.24, 2.45) is 0 Å². The Morgan fingerprint density at radius 3 is 1.96 bits per heavy atom. The van der Waals surface area contributed by atoms with E-state index in [0.717, 1.165) is 0 Å². The summed E-state index contributed by atoms with van der Waals surface area (Å²) >= 11 is 0. The van der Waals surface area contributed by atoms with E-state index in [1.54, 1.807) is 0 Å². The van der Waals surface area contributed by atoms with Crippen LogP contribution in [0.5, 0.6) is 0 Å². The molecular weight excluding hydrogens is 358 g/mol. The van der Waals surface area contributed by atoms with Crippen molar-refractivity contribution in [3.63, 3.8) is 0 Å². The Labute approximate surface area is 150 Å². The normalized spacial score (nSPS) is 10.9. The summed E-state index contributed by atoms with van der Waals surface area (Å²) in [5, 5.41) is 17.4. The van der Waals surface area contributed by atoms with Crippen molar-refractivity contribution in [3.05, 3.63) is 72.0 Å². The molecule has 0 saturated heterocycles. The summed E-state index contributed by atoms with van der Waals surface area (Å²) in [7, 11) is 0. The second-order valence-electron chi connectivity index (χ2n) is 5.63. The highest BCUT2D eigenvalue weighted by Gasteiger charge is 2.28. The van der Waals surface area contributed by atoms with Crippen LogP contribution in [0.4, 0.5) is 8.78 Å². The lowest BCUT2D eigenvalue weighted by molar-refractivity contribution is 0.0698. The standard InChI is InChI=1S/C19H10F2N2O4/c20-12-5-1-10(2-6-12)16-14(9-26-22-16)18-15(19(24)25)17(23-27-18)11-3-7-13(21)8-4-11/h1-9H,(H,24,25). The van der Waals surface area contributed by atoms with Gasteiger partial charge < -0.3 is 14.2 Å². The van der Waals surface area contributed by atoms with E-state index in [-0.39, 0.29) is 28.3 Å². The van der Waals surface area contributed by atoms with Crippen molar-refractivity contribution in [3.8, 4) is 33.8 Å². The predicted octanol–water partition coefficient (Wildman–Crippen LogP) is 4.64. The van der Waals surface area contributed by atoms with Crippen LogP contribution in [0.3, 0.4) is 0 Å². The summed E-state index contributed by atoms with van der Waals surface area (Å²) in [5.74, 6) is -2.23. The van der Waals surface area contributed by atoms with Gasteiger partial charge in [0.15, 0.2) is 5.76 Å². The van der Waals surface area contributed by atoms with Gasteiger partial charge in [0.25, 0.3) is 0 Å². The zero-order valence-electron chi connectivity index (χ0n) is 13.5. The van der Waals surface area contributed by atoms with E-state index < -0.39 is 17.6 Å². The van der Waals surface area contributed by atoms with Crippen LogP contribution >= 0.6 is 0 Å². The van der Waals surface area contributed by atoms with Gasteiger partial charge in [0, 0.05) is 11.1 Å². The van der Waals surface area contributed by atoms with Crippen LogP contribution in [0.25, 0.3) is 33.8 Å². The van der Waals surface area contributed by atoms with Crippen LogP contribution in [0, 0.1) is 11.6 Å². The van der Waals surface area contributed by atoms with Crippen molar-refractivity contribution in [1.82, 2.24) is 10.3 Å². The van der Waals surface area contributed by atoms with Crippen LogP contribution in [0.2, 0.25) is 0 Å². The number of rotatable bonds is 4. The monoisotopic (exact) mass is 368 g/mol. The number of aromatic nitrogens is 2. The summed E-state index contributed by atoms with van der Waals surface area (Å²) < 4.78 is 36.6. The van der Waals surface area contributed by atoms with Gasteiger partial charge in [-0.1, -0.05) is 10.3 Å². The fraction of sp³-hybridized carbons (Fsp3) is 0. The van der Waals surface area contributed by atoms with Crippen LogP contribution in [0.1, 0.15) is 10.4 Å². The smallest absolute Gasteiger partial charge is 0.342 e. The number of carbonyl (C=O) groups is 1. The molecule has 27 heavy (non-hydrogen) atoms. The second-order valence-corrected chi connectivity index (χ2v) is 5.63. The molecule has 4 aromatic rings. The maximum Gasteiger partial charge on any atom is 0.342 e. The molecule has 1 N–H and O–H groups in total. The van der Waals surface area contributed by atoms with Gasteiger partial charge in [0.1, 0.15) is 34.8 Å². The number of hydrogen-bond acceptors (Lipinski definition) is 5. The zero-order valence-corrected chi connectivity index (χ0v) is 13.5. The fourth-order valence-corrected chi connectivity index (χ4v) is 2.69. The Hall–Kier alpha value is -3.81. The van der Waals surface area contributed by atoms with Crippen molar-refractivity contribution in [2.75, 3.05) is 0 Å². The summed E-state index contributed by atoms with van der Waals surface area (Å²) in [4.78, 5) is 11.9. The molecule has 8 heteroatoms. The SMILES string of the molecule is O=C(O)c1c(-c2ccc(F)cc2)noc1-c1conc1-c1ccc(F)cc1. The van der Waals surface area contributed by atoms with Crippen molar-refractivity contribution >= 4 is 5.97 Å². The molecule has 0 aliphatic carbocycles. The molecule has 2 heterocycles. The molecule has 2 aromatic carbocycles. The highest BCUT2D eigenvalue weighted by molar-refractivity contribution is 6.01. The third-order valence-corrected chi connectivity index (χ3v) is 3.96. The first-order valence-electron chi connectivity index (χ1n) is 7.74. The summed E-state index contributed by atoms with van der Waals surface area (Å²) in [6.45, 7) is 0. The quantitative estimate of drug-likeness (QED) is 0.564. The maximum absolute atomic E-state index is 13.2. The number of halogens is 2. The minimum absolute atomic E-state index is 0.0451. The number of hydrogen-bond donors (Lipinski definition) is 1. The van der Waals surface area contributed by atoms with Gasteiger partial charge in [-0.05, 0) is 48.5 Å². The van der Waals surface area contributed by atoms with Crippen molar-refractivity contribution < 1.29 is 27.7 Å². The molecule has 0 aliphatic heterocycles. The first-order chi connectivity index (χ1) is 13.0. The maximum atomic E-state index is 13.2. The second kappa shape index (κ2) is 6.49. The molecule has 0 spiro atoms. The molecule has 0 bridgehead atoms. The predicted molar refractivity (Wildman–Crippen MR) is 89.7 cm³/mol. The zero-order chi connectivity index (χ0) is 19.0. The lowest BCUT2D eigenvalue weighted by atomic mass is 10.0. The molecule has 6 nitrogen and oxygen atoms in total. The molecule has 0 amide bonds. The summed E-state index contributed by atoms with van der Waals surface area (Å²) in [5.41, 5.74) is 1.25. The highest BCUT2D eigenvalue weighted by Crippen LogP contribution is 2.37. The first kappa shape index (κ1) is 16.6. The number of nitrogens with zero attached hydrogens (tertiary/aromatic N) is 2. The molecule has 2 aromatic heterocycles.